The van der Waals surface area contributed by atoms with Crippen LogP contribution in [0.4, 0.5) is 0 Å². The third-order valence-corrected chi connectivity index (χ3v) is 5.00. The lowest BCUT2D eigenvalue weighted by Crippen LogP contribution is -2.16. The van der Waals surface area contributed by atoms with E-state index < -0.39 is 5.91 Å². The minimum absolute atomic E-state index is 0.295. The monoisotopic (exact) mass is 386 g/mol. The molecule has 0 fully saturated rings. The predicted molar refractivity (Wildman–Crippen MR) is 103 cm³/mol. The number of halogens is 1. The number of hydrogen-bond acceptors (Lipinski definition) is 4. The van der Waals surface area contributed by atoms with Crippen molar-refractivity contribution in [1.82, 2.24) is 4.57 Å². The maximum absolute atomic E-state index is 12.8. The first-order valence-electron chi connectivity index (χ1n) is 7.61. The lowest BCUT2D eigenvalue weighted by molar-refractivity contribution is 0.0994. The van der Waals surface area contributed by atoms with Crippen LogP contribution in [0.2, 0.25) is 5.02 Å². The molecule has 0 N–H and O–H groups in total. The lowest BCUT2D eigenvalue weighted by Gasteiger charge is -2.09. The third kappa shape index (κ3) is 3.32. The van der Waals surface area contributed by atoms with Crippen LogP contribution in [0.3, 0.4) is 0 Å². The molecule has 3 aromatic rings. The second-order valence-corrected chi connectivity index (χ2v) is 6.69. The minimum Gasteiger partial charge on any atom is -0.493 e. The Morgan fingerprint density at radius 2 is 2.12 bits per heavy atom. The van der Waals surface area contributed by atoms with E-state index in [0.29, 0.717) is 33.4 Å². The fraction of sp³-hybridized carbons (Fsp3) is 0.158. The molecule has 0 spiro atoms. The second kappa shape index (κ2) is 7.65. The van der Waals surface area contributed by atoms with Gasteiger partial charge in [0.1, 0.15) is 0 Å². The largest absolute Gasteiger partial charge is 0.493 e. The van der Waals surface area contributed by atoms with Crippen molar-refractivity contribution < 1.29 is 14.3 Å². The predicted octanol–water partition coefficient (Wildman–Crippen LogP) is 3.75. The molecule has 0 unspecified atom stereocenters. The molecule has 0 saturated heterocycles. The van der Waals surface area contributed by atoms with Crippen LogP contribution in [0.1, 0.15) is 10.4 Å². The van der Waals surface area contributed by atoms with Gasteiger partial charge in [0.15, 0.2) is 16.3 Å². The highest BCUT2D eigenvalue weighted by atomic mass is 35.5. The molecule has 0 aliphatic heterocycles. The van der Waals surface area contributed by atoms with E-state index in [4.69, 9.17) is 27.5 Å². The molecule has 0 bridgehead atoms. The number of aromatic nitrogens is 1. The summed E-state index contributed by atoms with van der Waals surface area (Å²) in [5, 5.41) is 0.610. The van der Waals surface area contributed by atoms with Crippen LogP contribution in [-0.4, -0.2) is 24.7 Å². The number of hydrogen-bond donors (Lipinski definition) is 0. The summed E-state index contributed by atoms with van der Waals surface area (Å²) in [4.78, 5) is 17.5. The maximum Gasteiger partial charge on any atom is 0.283 e. The molecule has 132 valence electrons. The summed E-state index contributed by atoms with van der Waals surface area (Å²) in [6.45, 7) is 0.295. The van der Waals surface area contributed by atoms with E-state index >= 15 is 0 Å². The first-order chi connectivity index (χ1) is 12.6. The summed E-state index contributed by atoms with van der Waals surface area (Å²) >= 11 is 7.41. The highest BCUT2D eigenvalue weighted by Crippen LogP contribution is 2.31. The molecular formula is C19H15ClN2O3S. The van der Waals surface area contributed by atoms with Crippen LogP contribution < -0.4 is 14.3 Å². The standard InChI is InChI=1S/C19H15ClN2O3S/c1-4-10-22-14-9-8-12(20)11-16(14)26-19(22)21-18(23)13-6-5-7-15(24-2)17(13)25-3/h1,5-9,11H,10H2,2-3H3. The van der Waals surface area contributed by atoms with Crippen molar-refractivity contribution in [3.05, 3.63) is 51.8 Å². The molecule has 1 aromatic heterocycles. The Hall–Kier alpha value is -2.75. The summed E-state index contributed by atoms with van der Waals surface area (Å²) in [6, 6.07) is 10.5. The molecule has 1 amide bonds. The number of carbonyl (C=O) groups excluding carboxylic acids is 1. The number of nitrogens with zero attached hydrogens (tertiary/aromatic N) is 2. The van der Waals surface area contributed by atoms with Gasteiger partial charge in [-0.05, 0) is 30.3 Å². The quantitative estimate of drug-likeness (QED) is 0.642. The van der Waals surface area contributed by atoms with E-state index in [1.54, 1.807) is 28.8 Å². The minimum atomic E-state index is -0.441. The van der Waals surface area contributed by atoms with Gasteiger partial charge in [0.25, 0.3) is 5.91 Å². The first-order valence-corrected chi connectivity index (χ1v) is 8.81. The Bertz CT molecular complexity index is 1090. The molecule has 2 aromatic carbocycles. The summed E-state index contributed by atoms with van der Waals surface area (Å²) in [5.41, 5.74) is 1.19. The average Bonchev–Trinajstić information content (AvgIpc) is 2.97. The zero-order valence-corrected chi connectivity index (χ0v) is 15.7. The number of fused-ring (bicyclic) bond motifs is 1. The molecular weight excluding hydrogens is 372 g/mol. The van der Waals surface area contributed by atoms with Gasteiger partial charge in [-0.25, -0.2) is 0 Å². The average molecular weight is 387 g/mol. The number of methoxy groups -OCH3 is 2. The van der Waals surface area contributed by atoms with Crippen molar-refractivity contribution in [3.63, 3.8) is 0 Å². The van der Waals surface area contributed by atoms with E-state index in [0.717, 1.165) is 10.2 Å². The number of rotatable bonds is 4. The molecule has 0 radical (unpaired) electrons. The lowest BCUT2D eigenvalue weighted by atomic mass is 10.2. The maximum atomic E-state index is 12.8. The molecule has 0 atom stereocenters. The van der Waals surface area contributed by atoms with Gasteiger partial charge >= 0.3 is 0 Å². The Morgan fingerprint density at radius 1 is 1.31 bits per heavy atom. The molecule has 0 saturated carbocycles. The Kier molecular flexibility index (Phi) is 5.31. The Balaban J connectivity index is 2.18. The van der Waals surface area contributed by atoms with Gasteiger partial charge in [-0.1, -0.05) is 34.9 Å². The second-order valence-electron chi connectivity index (χ2n) is 5.24. The van der Waals surface area contributed by atoms with Crippen LogP contribution in [0, 0.1) is 12.3 Å². The fourth-order valence-corrected chi connectivity index (χ4v) is 3.88. The highest BCUT2D eigenvalue weighted by molar-refractivity contribution is 7.16. The van der Waals surface area contributed by atoms with Crippen molar-refractivity contribution in [1.29, 1.82) is 0 Å². The van der Waals surface area contributed by atoms with Crippen molar-refractivity contribution in [2.24, 2.45) is 4.99 Å². The molecule has 3 rings (SSSR count). The highest BCUT2D eigenvalue weighted by Gasteiger charge is 2.16. The van der Waals surface area contributed by atoms with Gasteiger partial charge < -0.3 is 14.0 Å². The molecule has 26 heavy (non-hydrogen) atoms. The number of thiazole rings is 1. The van der Waals surface area contributed by atoms with E-state index in [2.05, 4.69) is 10.9 Å². The normalized spacial score (nSPS) is 11.4. The molecule has 7 heteroatoms. The number of amides is 1. The third-order valence-electron chi connectivity index (χ3n) is 3.72. The number of ether oxygens (including phenoxy) is 2. The fourth-order valence-electron chi connectivity index (χ4n) is 2.58. The van der Waals surface area contributed by atoms with Gasteiger partial charge in [-0.15, -0.1) is 6.42 Å². The molecule has 0 aliphatic rings. The number of carbonyl (C=O) groups is 1. The molecule has 0 aliphatic carbocycles. The van der Waals surface area contributed by atoms with E-state index in [9.17, 15) is 4.79 Å². The van der Waals surface area contributed by atoms with Gasteiger partial charge in [0, 0.05) is 5.02 Å². The molecule has 5 nitrogen and oxygen atoms in total. The van der Waals surface area contributed by atoms with Gasteiger partial charge in [-0.2, -0.15) is 4.99 Å². The van der Waals surface area contributed by atoms with Gasteiger partial charge in [0.05, 0.1) is 36.5 Å². The topological polar surface area (TPSA) is 52.8 Å². The number of terminal acetylenes is 1. The van der Waals surface area contributed by atoms with E-state index in [-0.39, 0.29) is 0 Å². The van der Waals surface area contributed by atoms with Crippen LogP contribution in [0.25, 0.3) is 10.2 Å². The Labute approximate surface area is 159 Å². The van der Waals surface area contributed by atoms with E-state index in [1.807, 2.05) is 12.1 Å². The summed E-state index contributed by atoms with van der Waals surface area (Å²) < 4.78 is 13.3. The van der Waals surface area contributed by atoms with Crippen LogP contribution in [0.5, 0.6) is 11.5 Å². The van der Waals surface area contributed by atoms with Crippen molar-refractivity contribution >= 4 is 39.1 Å². The van der Waals surface area contributed by atoms with Gasteiger partial charge in [0.2, 0.25) is 0 Å². The van der Waals surface area contributed by atoms with Gasteiger partial charge in [-0.3, -0.25) is 4.79 Å². The van der Waals surface area contributed by atoms with Crippen molar-refractivity contribution in [2.75, 3.05) is 14.2 Å². The van der Waals surface area contributed by atoms with Crippen molar-refractivity contribution in [3.8, 4) is 23.8 Å². The summed E-state index contributed by atoms with van der Waals surface area (Å²) in [7, 11) is 2.99. The van der Waals surface area contributed by atoms with Crippen LogP contribution in [-0.2, 0) is 6.54 Å². The first kappa shape index (κ1) is 18.1. The van der Waals surface area contributed by atoms with Crippen molar-refractivity contribution in [2.45, 2.75) is 6.54 Å². The zero-order chi connectivity index (χ0) is 18.7. The summed E-state index contributed by atoms with van der Waals surface area (Å²) in [5.74, 6) is 2.96. The van der Waals surface area contributed by atoms with Crippen LogP contribution in [0.15, 0.2) is 41.4 Å². The molecule has 1 heterocycles. The Morgan fingerprint density at radius 3 is 2.81 bits per heavy atom. The SMILES string of the molecule is C#CCn1c(=NC(=O)c2cccc(OC)c2OC)sc2cc(Cl)ccc21. The number of benzene rings is 2. The smallest absolute Gasteiger partial charge is 0.283 e. The van der Waals surface area contributed by atoms with E-state index in [1.165, 1.54) is 25.6 Å². The zero-order valence-electron chi connectivity index (χ0n) is 14.2. The summed E-state index contributed by atoms with van der Waals surface area (Å²) in [6.07, 6.45) is 5.48. The number of para-hydroxylation sites is 1. The van der Waals surface area contributed by atoms with Crippen LogP contribution >= 0.6 is 22.9 Å².